The predicted octanol–water partition coefficient (Wildman–Crippen LogP) is 2.37. The lowest BCUT2D eigenvalue weighted by Gasteiger charge is -2.41. The van der Waals surface area contributed by atoms with E-state index in [0.717, 1.165) is 0 Å². The molecular formula is C24H31N3O5S. The minimum atomic E-state index is -3.90. The van der Waals surface area contributed by atoms with Gasteiger partial charge in [0.15, 0.2) is 0 Å². The summed E-state index contributed by atoms with van der Waals surface area (Å²) in [5.41, 5.74) is 0.608. The number of benzene rings is 2. The van der Waals surface area contributed by atoms with Crippen LogP contribution in [0.1, 0.15) is 31.1 Å². The van der Waals surface area contributed by atoms with Gasteiger partial charge in [0, 0.05) is 31.2 Å². The molecule has 1 saturated heterocycles. The highest BCUT2D eigenvalue weighted by atomic mass is 32.2. The van der Waals surface area contributed by atoms with Crippen molar-refractivity contribution < 1.29 is 22.7 Å². The van der Waals surface area contributed by atoms with Gasteiger partial charge < -0.3 is 14.5 Å². The second-order valence-corrected chi connectivity index (χ2v) is 10.2. The van der Waals surface area contributed by atoms with E-state index in [2.05, 4.69) is 4.72 Å². The molecule has 2 aromatic carbocycles. The van der Waals surface area contributed by atoms with Gasteiger partial charge in [0.25, 0.3) is 5.91 Å². The van der Waals surface area contributed by atoms with Crippen LogP contribution in [0.3, 0.4) is 0 Å². The van der Waals surface area contributed by atoms with E-state index in [9.17, 15) is 18.0 Å². The number of carbonyl (C=O) groups is 2. The molecule has 2 amide bonds. The van der Waals surface area contributed by atoms with Crippen molar-refractivity contribution in [3.05, 3.63) is 60.2 Å². The summed E-state index contributed by atoms with van der Waals surface area (Å²) >= 11 is 0. The Morgan fingerprint density at radius 1 is 1.03 bits per heavy atom. The van der Waals surface area contributed by atoms with Crippen molar-refractivity contribution in [2.75, 3.05) is 26.7 Å². The first-order valence-corrected chi connectivity index (χ1v) is 12.4. The highest BCUT2D eigenvalue weighted by Gasteiger charge is 2.36. The molecule has 0 saturated carbocycles. The maximum absolute atomic E-state index is 13.3. The lowest BCUT2D eigenvalue weighted by Crippen LogP contribution is -2.59. The number of hydrogen-bond acceptors (Lipinski definition) is 5. The third kappa shape index (κ3) is 5.72. The molecule has 0 aromatic heterocycles. The molecule has 1 aliphatic rings. The molecule has 9 heteroatoms. The first-order chi connectivity index (χ1) is 15.6. The number of nitrogens with one attached hydrogen (secondary N) is 1. The van der Waals surface area contributed by atoms with Crippen molar-refractivity contribution in [3.8, 4) is 5.75 Å². The maximum Gasteiger partial charge on any atom is 0.254 e. The van der Waals surface area contributed by atoms with Crippen LogP contribution in [0, 0.1) is 5.92 Å². The van der Waals surface area contributed by atoms with E-state index in [1.54, 1.807) is 47.9 Å². The van der Waals surface area contributed by atoms with Gasteiger partial charge in [-0.3, -0.25) is 9.59 Å². The molecule has 1 aliphatic heterocycles. The zero-order valence-corrected chi connectivity index (χ0v) is 20.2. The maximum atomic E-state index is 13.3. The molecule has 33 heavy (non-hydrogen) atoms. The lowest BCUT2D eigenvalue weighted by atomic mass is 10.0. The van der Waals surface area contributed by atoms with E-state index in [0.29, 0.717) is 30.9 Å². The average molecular weight is 474 g/mol. The van der Waals surface area contributed by atoms with Crippen molar-refractivity contribution in [2.45, 2.75) is 37.8 Å². The summed E-state index contributed by atoms with van der Waals surface area (Å²) in [5, 5.41) is 0. The molecule has 2 atom stereocenters. The average Bonchev–Trinajstić information content (AvgIpc) is 2.82. The Labute approximate surface area is 195 Å². The van der Waals surface area contributed by atoms with Crippen molar-refractivity contribution in [3.63, 3.8) is 0 Å². The second-order valence-electron chi connectivity index (χ2n) is 8.52. The quantitative estimate of drug-likeness (QED) is 0.666. The number of ether oxygens (including phenoxy) is 1. The van der Waals surface area contributed by atoms with Gasteiger partial charge in [-0.2, -0.15) is 4.72 Å². The Hall–Kier alpha value is -2.91. The van der Waals surface area contributed by atoms with Gasteiger partial charge in [0.2, 0.25) is 15.9 Å². The molecule has 1 heterocycles. The SMILES string of the molecule is COc1ccc(S(=O)(=O)NC(C(=O)N2CCN(C(=O)c3ccccc3)C(C)C2)C(C)C)cc1. The zero-order chi connectivity index (χ0) is 24.2. The summed E-state index contributed by atoms with van der Waals surface area (Å²) in [6.45, 7) is 6.57. The van der Waals surface area contributed by atoms with Crippen LogP contribution in [-0.4, -0.2) is 68.9 Å². The molecule has 1 N–H and O–H groups in total. The summed E-state index contributed by atoms with van der Waals surface area (Å²) < 4.78 is 33.5. The highest BCUT2D eigenvalue weighted by Crippen LogP contribution is 2.20. The molecule has 8 nitrogen and oxygen atoms in total. The number of hydrogen-bond donors (Lipinski definition) is 1. The molecule has 0 bridgehead atoms. The fourth-order valence-corrected chi connectivity index (χ4v) is 5.20. The van der Waals surface area contributed by atoms with Crippen LogP contribution in [0.15, 0.2) is 59.5 Å². The Bertz CT molecular complexity index is 1070. The Balaban J connectivity index is 1.70. The van der Waals surface area contributed by atoms with Gasteiger partial charge in [-0.15, -0.1) is 0 Å². The normalized spacial score (nSPS) is 17.7. The van der Waals surface area contributed by atoms with Gasteiger partial charge in [0.05, 0.1) is 12.0 Å². The second kappa shape index (κ2) is 10.4. The van der Waals surface area contributed by atoms with Gasteiger partial charge >= 0.3 is 0 Å². The smallest absolute Gasteiger partial charge is 0.254 e. The molecule has 0 radical (unpaired) electrons. The molecule has 2 aromatic rings. The third-order valence-electron chi connectivity index (χ3n) is 5.81. The van der Waals surface area contributed by atoms with E-state index >= 15 is 0 Å². The van der Waals surface area contributed by atoms with Crippen molar-refractivity contribution in [2.24, 2.45) is 5.92 Å². The minimum Gasteiger partial charge on any atom is -0.497 e. The van der Waals surface area contributed by atoms with Crippen LogP contribution in [0.25, 0.3) is 0 Å². The van der Waals surface area contributed by atoms with Crippen molar-refractivity contribution >= 4 is 21.8 Å². The molecule has 178 valence electrons. The van der Waals surface area contributed by atoms with Crippen LogP contribution in [0.5, 0.6) is 5.75 Å². The zero-order valence-electron chi connectivity index (χ0n) is 19.4. The molecule has 2 unspecified atom stereocenters. The van der Waals surface area contributed by atoms with Crippen LogP contribution >= 0.6 is 0 Å². The number of nitrogens with zero attached hydrogens (tertiary/aromatic N) is 2. The van der Waals surface area contributed by atoms with Crippen LogP contribution in [-0.2, 0) is 14.8 Å². The van der Waals surface area contributed by atoms with Crippen LogP contribution < -0.4 is 9.46 Å². The number of amides is 2. The summed E-state index contributed by atoms with van der Waals surface area (Å²) in [5.74, 6) is -0.0799. The van der Waals surface area contributed by atoms with Crippen LogP contribution in [0.4, 0.5) is 0 Å². The topological polar surface area (TPSA) is 96.0 Å². The summed E-state index contributed by atoms with van der Waals surface area (Å²) in [7, 11) is -2.40. The molecule has 0 spiro atoms. The van der Waals surface area contributed by atoms with Crippen molar-refractivity contribution in [1.29, 1.82) is 0 Å². The van der Waals surface area contributed by atoms with E-state index < -0.39 is 16.1 Å². The van der Waals surface area contributed by atoms with Gasteiger partial charge in [-0.1, -0.05) is 32.0 Å². The molecule has 1 fully saturated rings. The largest absolute Gasteiger partial charge is 0.497 e. The first kappa shape index (κ1) is 24.7. The lowest BCUT2D eigenvalue weighted by molar-refractivity contribution is -0.136. The van der Waals surface area contributed by atoms with E-state index in [-0.39, 0.29) is 28.7 Å². The van der Waals surface area contributed by atoms with E-state index in [4.69, 9.17) is 4.74 Å². The number of methoxy groups -OCH3 is 1. The standard InChI is InChI=1S/C24H31N3O5S/c1-17(2)22(25-33(30,31)21-12-10-20(32-4)11-13-21)24(29)26-14-15-27(18(3)16-26)23(28)19-8-6-5-7-9-19/h5-13,17-18,22,25H,14-16H2,1-4H3. The monoisotopic (exact) mass is 473 g/mol. The summed E-state index contributed by atoms with van der Waals surface area (Å²) in [6.07, 6.45) is 0. The fourth-order valence-electron chi connectivity index (χ4n) is 3.86. The van der Waals surface area contributed by atoms with Crippen LogP contribution in [0.2, 0.25) is 0 Å². The summed E-state index contributed by atoms with van der Waals surface area (Å²) in [4.78, 5) is 29.6. The van der Waals surface area contributed by atoms with Gasteiger partial charge in [0.1, 0.15) is 11.8 Å². The minimum absolute atomic E-state index is 0.0633. The number of piperazine rings is 1. The fraction of sp³-hybridized carbons (Fsp3) is 0.417. The van der Waals surface area contributed by atoms with Gasteiger partial charge in [-0.25, -0.2) is 8.42 Å². The molecule has 0 aliphatic carbocycles. The van der Waals surface area contributed by atoms with E-state index in [1.807, 2.05) is 25.1 Å². The molecule has 3 rings (SSSR count). The first-order valence-electron chi connectivity index (χ1n) is 10.9. The summed E-state index contributed by atoms with van der Waals surface area (Å²) in [6, 6.07) is 13.9. The highest BCUT2D eigenvalue weighted by molar-refractivity contribution is 7.89. The number of sulfonamides is 1. The van der Waals surface area contributed by atoms with Crippen molar-refractivity contribution in [1.82, 2.24) is 14.5 Å². The number of rotatable bonds is 7. The van der Waals surface area contributed by atoms with E-state index in [1.165, 1.54) is 19.2 Å². The molecular weight excluding hydrogens is 442 g/mol. The predicted molar refractivity (Wildman–Crippen MR) is 125 cm³/mol. The Morgan fingerprint density at radius 3 is 2.21 bits per heavy atom. The van der Waals surface area contributed by atoms with Gasteiger partial charge in [-0.05, 0) is 49.2 Å². The Morgan fingerprint density at radius 2 is 1.67 bits per heavy atom. The number of carbonyl (C=O) groups excluding carboxylic acids is 2. The third-order valence-corrected chi connectivity index (χ3v) is 7.26. The Kier molecular flexibility index (Phi) is 7.76.